The molecule has 0 aromatic rings. The largest absolute Gasteiger partial charge is 0.550 e. The van der Waals surface area contributed by atoms with Gasteiger partial charge in [0, 0.05) is 48.4 Å². The minimum absolute atomic E-state index is 0. The van der Waals surface area contributed by atoms with Crippen LogP contribution in [0, 0.1) is 29.6 Å². The normalized spacial score (nSPS) is 12.8. The van der Waals surface area contributed by atoms with Gasteiger partial charge >= 0.3 is 0 Å². The van der Waals surface area contributed by atoms with Crippen molar-refractivity contribution in [1.82, 2.24) is 0 Å². The van der Waals surface area contributed by atoms with Crippen LogP contribution in [-0.2, 0) is 42.5 Å². The molecular formula is C35H65O10V-5. The molecule has 0 bridgehead atoms. The number of carbonyl (C=O) groups is 5. The van der Waals surface area contributed by atoms with Crippen LogP contribution in [0.15, 0.2) is 0 Å². The third-order valence-electron chi connectivity index (χ3n) is 6.97. The Bertz CT molecular complexity index is 591. The molecule has 0 N–H and O–H groups in total. The fourth-order valence-electron chi connectivity index (χ4n) is 3.14. The van der Waals surface area contributed by atoms with Gasteiger partial charge in [0.25, 0.3) is 0 Å². The molecule has 0 spiro atoms. The van der Waals surface area contributed by atoms with Crippen LogP contribution >= 0.6 is 0 Å². The number of carbonyl (C=O) groups excluding carboxylic acids is 5. The fourth-order valence-corrected chi connectivity index (χ4v) is 3.14. The van der Waals surface area contributed by atoms with Gasteiger partial charge in [0.1, 0.15) is 0 Å². The maximum Gasteiger partial charge on any atom is 0.0442 e. The second-order valence-electron chi connectivity index (χ2n) is 11.8. The van der Waals surface area contributed by atoms with Crippen LogP contribution in [0.4, 0.5) is 0 Å². The average Bonchev–Trinajstić information content (AvgIpc) is 2.99. The summed E-state index contributed by atoms with van der Waals surface area (Å²) in [6, 6.07) is 0. The summed E-state index contributed by atoms with van der Waals surface area (Å²) < 4.78 is 0. The average molecular weight is 697 g/mol. The summed E-state index contributed by atoms with van der Waals surface area (Å²) in [5, 5.41) is 50.5. The van der Waals surface area contributed by atoms with Crippen molar-refractivity contribution < 1.29 is 68.1 Å². The number of hydrogen-bond donors (Lipinski definition) is 0. The topological polar surface area (TPSA) is 201 Å². The monoisotopic (exact) mass is 696 g/mol. The molecule has 0 aliphatic heterocycles. The van der Waals surface area contributed by atoms with Crippen LogP contribution in [-0.4, -0.2) is 29.8 Å². The zero-order valence-corrected chi connectivity index (χ0v) is 31.9. The number of carboxylic acids is 5. The van der Waals surface area contributed by atoms with Gasteiger partial charge in [-0.2, -0.15) is 0 Å². The van der Waals surface area contributed by atoms with Gasteiger partial charge in [-0.15, -0.1) is 0 Å². The molecule has 0 aliphatic carbocycles. The Morgan fingerprint density at radius 3 is 0.522 bits per heavy atom. The van der Waals surface area contributed by atoms with Gasteiger partial charge in [-0.05, 0) is 61.7 Å². The molecule has 5 atom stereocenters. The van der Waals surface area contributed by atoms with E-state index in [9.17, 15) is 49.5 Å². The van der Waals surface area contributed by atoms with E-state index in [-0.39, 0.29) is 48.1 Å². The molecule has 0 amide bonds. The summed E-state index contributed by atoms with van der Waals surface area (Å²) in [5.41, 5.74) is 0. The van der Waals surface area contributed by atoms with Gasteiger partial charge in [0.15, 0.2) is 0 Å². The summed E-state index contributed by atoms with van der Waals surface area (Å²) in [5.74, 6) is -6.00. The van der Waals surface area contributed by atoms with Crippen LogP contribution in [0.5, 0.6) is 0 Å². The predicted octanol–water partition coefficient (Wildman–Crippen LogP) is 2.81. The van der Waals surface area contributed by atoms with Crippen LogP contribution in [0.1, 0.15) is 166 Å². The Hall–Kier alpha value is -2.07. The van der Waals surface area contributed by atoms with Gasteiger partial charge < -0.3 is 49.5 Å². The van der Waals surface area contributed by atoms with E-state index in [4.69, 9.17) is 0 Å². The van der Waals surface area contributed by atoms with Crippen molar-refractivity contribution in [2.24, 2.45) is 29.6 Å². The third kappa shape index (κ3) is 48.8. The molecule has 0 aromatic carbocycles. The first-order chi connectivity index (χ1) is 20.9. The maximum atomic E-state index is 10.1. The van der Waals surface area contributed by atoms with E-state index < -0.39 is 29.8 Å². The Balaban J connectivity index is -0.000000108. The third-order valence-corrected chi connectivity index (χ3v) is 6.97. The Morgan fingerprint density at radius 1 is 0.348 bits per heavy atom. The Kier molecular flexibility index (Phi) is 50.1. The molecule has 0 aromatic heterocycles. The minimum atomic E-state index is -0.927. The Labute approximate surface area is 292 Å². The fraction of sp³-hybridized carbons (Fsp3) is 0.857. The second-order valence-corrected chi connectivity index (χ2v) is 11.8. The molecule has 0 saturated heterocycles. The molecule has 1 radical (unpaired) electrons. The van der Waals surface area contributed by atoms with Crippen LogP contribution in [0.2, 0.25) is 0 Å². The molecule has 10 nitrogen and oxygen atoms in total. The van der Waals surface area contributed by atoms with Gasteiger partial charge in [0.2, 0.25) is 0 Å². The first kappa shape index (κ1) is 56.3. The van der Waals surface area contributed by atoms with Crippen molar-refractivity contribution in [2.75, 3.05) is 0 Å². The second kappa shape index (κ2) is 41.0. The van der Waals surface area contributed by atoms with E-state index in [2.05, 4.69) is 0 Å². The summed E-state index contributed by atoms with van der Waals surface area (Å²) in [6.45, 7) is 18.6. The maximum absolute atomic E-state index is 10.1. The van der Waals surface area contributed by atoms with Crippen molar-refractivity contribution in [3.63, 3.8) is 0 Å². The number of unbranched alkanes of at least 4 members (excludes halogenated alkanes) is 5. The number of hydrogen-bond acceptors (Lipinski definition) is 10. The SMILES string of the molecule is CCCCC(C)C(=O)[O-].CCCCC(C)C(=O)[O-].CCCCC(C)C(=O)[O-].CCCCC(C)C(=O)[O-].CCCCC(C)C(=O)[O-].[V]. The molecule has 5 unspecified atom stereocenters. The molecule has 46 heavy (non-hydrogen) atoms. The van der Waals surface area contributed by atoms with E-state index in [0.29, 0.717) is 0 Å². The van der Waals surface area contributed by atoms with Crippen molar-refractivity contribution in [2.45, 2.75) is 166 Å². The summed E-state index contributed by atoms with van der Waals surface area (Å²) in [4.78, 5) is 50.5. The van der Waals surface area contributed by atoms with Gasteiger partial charge in [-0.25, -0.2) is 0 Å². The van der Waals surface area contributed by atoms with E-state index >= 15 is 0 Å². The molecule has 0 heterocycles. The van der Waals surface area contributed by atoms with E-state index in [1.165, 1.54) is 0 Å². The number of carboxylic acid groups (broad SMARTS) is 5. The molecule has 0 aliphatic rings. The van der Waals surface area contributed by atoms with Crippen LogP contribution < -0.4 is 25.5 Å². The van der Waals surface area contributed by atoms with Gasteiger partial charge in [0.05, 0.1) is 0 Å². The number of aliphatic carboxylic acids is 5. The summed E-state index contributed by atoms with van der Waals surface area (Å²) in [7, 11) is 0. The van der Waals surface area contributed by atoms with E-state index in [1.54, 1.807) is 34.6 Å². The van der Waals surface area contributed by atoms with Crippen LogP contribution in [0.25, 0.3) is 0 Å². The Morgan fingerprint density at radius 2 is 0.457 bits per heavy atom. The molecule has 275 valence electrons. The summed E-state index contributed by atoms with van der Waals surface area (Å²) >= 11 is 0. The van der Waals surface area contributed by atoms with Crippen molar-refractivity contribution >= 4 is 29.8 Å². The standard InChI is InChI=1S/5C7H14O2.V/c5*1-3-4-5-6(2)7(8)9;/h5*6H,3-5H2,1-2H3,(H,8,9);/p-5. The van der Waals surface area contributed by atoms with Gasteiger partial charge in [-0.1, -0.05) is 133 Å². The first-order valence-corrected chi connectivity index (χ1v) is 16.9. The molecule has 11 heteroatoms. The smallest absolute Gasteiger partial charge is 0.0442 e. The quantitative estimate of drug-likeness (QED) is 0.182. The van der Waals surface area contributed by atoms with Crippen molar-refractivity contribution in [1.29, 1.82) is 0 Å². The van der Waals surface area contributed by atoms with Gasteiger partial charge in [-0.3, -0.25) is 0 Å². The minimum Gasteiger partial charge on any atom is -0.550 e. The molecule has 0 fully saturated rings. The first-order valence-electron chi connectivity index (χ1n) is 16.9. The van der Waals surface area contributed by atoms with Crippen LogP contribution in [0.3, 0.4) is 0 Å². The summed E-state index contributed by atoms with van der Waals surface area (Å²) in [6.07, 6.45) is 13.9. The molecule has 0 saturated carbocycles. The number of rotatable bonds is 20. The van der Waals surface area contributed by atoms with Crippen molar-refractivity contribution in [3.8, 4) is 0 Å². The predicted molar refractivity (Wildman–Crippen MR) is 168 cm³/mol. The van der Waals surface area contributed by atoms with E-state index in [1.807, 2.05) is 34.6 Å². The van der Waals surface area contributed by atoms with Crippen molar-refractivity contribution in [3.05, 3.63) is 0 Å². The van der Waals surface area contributed by atoms with E-state index in [0.717, 1.165) is 96.3 Å². The molecular weight excluding hydrogens is 631 g/mol. The molecule has 0 rings (SSSR count). The zero-order chi connectivity index (χ0) is 36.4. The zero-order valence-electron chi connectivity index (χ0n) is 30.5.